The van der Waals surface area contributed by atoms with Crippen LogP contribution in [0.25, 0.3) is 0 Å². The molecule has 0 saturated heterocycles. The maximum atomic E-state index is 4.30. The quantitative estimate of drug-likeness (QED) is 0.784. The molecular formula is C10H18N2S. The Morgan fingerprint density at radius 3 is 2.77 bits per heavy atom. The number of hydrogen-bond donors (Lipinski definition) is 1. The van der Waals surface area contributed by atoms with Gasteiger partial charge in [-0.15, -0.1) is 11.3 Å². The molecule has 1 aromatic rings. The molecule has 0 spiro atoms. The number of nitrogens with zero attached hydrogens (tertiary/aromatic N) is 1. The molecule has 0 radical (unpaired) electrons. The largest absolute Gasteiger partial charge is 0.319 e. The Morgan fingerprint density at radius 2 is 2.23 bits per heavy atom. The highest BCUT2D eigenvalue weighted by atomic mass is 32.1. The average molecular weight is 198 g/mol. The predicted octanol–water partition coefficient (Wildman–Crippen LogP) is 2.18. The van der Waals surface area contributed by atoms with E-state index < -0.39 is 0 Å². The lowest BCUT2D eigenvalue weighted by atomic mass is 9.93. The second-order valence-corrected chi connectivity index (χ2v) is 4.62. The molecule has 0 aliphatic heterocycles. The van der Waals surface area contributed by atoms with E-state index in [1.165, 1.54) is 5.01 Å². The van der Waals surface area contributed by atoms with E-state index in [1.807, 2.05) is 18.6 Å². The minimum absolute atomic E-state index is 0.707. The van der Waals surface area contributed by atoms with Crippen LogP contribution in [0.15, 0.2) is 11.6 Å². The summed E-state index contributed by atoms with van der Waals surface area (Å²) in [4.78, 5) is 4.30. The molecule has 0 aromatic carbocycles. The van der Waals surface area contributed by atoms with Gasteiger partial charge in [0.15, 0.2) is 0 Å². The van der Waals surface area contributed by atoms with E-state index in [9.17, 15) is 0 Å². The molecule has 0 amide bonds. The van der Waals surface area contributed by atoms with Crippen molar-refractivity contribution in [3.8, 4) is 0 Å². The number of nitrogens with one attached hydrogen (secondary N) is 1. The third-order valence-corrected chi connectivity index (χ3v) is 3.28. The van der Waals surface area contributed by atoms with Gasteiger partial charge in [-0.05, 0) is 25.4 Å². The van der Waals surface area contributed by atoms with Gasteiger partial charge in [-0.1, -0.05) is 13.8 Å². The van der Waals surface area contributed by atoms with Gasteiger partial charge in [-0.2, -0.15) is 0 Å². The molecule has 0 fully saturated rings. The van der Waals surface area contributed by atoms with E-state index in [2.05, 4.69) is 24.1 Å². The molecule has 13 heavy (non-hydrogen) atoms. The first kappa shape index (κ1) is 10.7. The molecule has 74 valence electrons. The number of aromatic nitrogens is 1. The molecule has 1 aromatic heterocycles. The summed E-state index contributed by atoms with van der Waals surface area (Å²) >= 11 is 1.76. The summed E-state index contributed by atoms with van der Waals surface area (Å²) < 4.78 is 0. The Hall–Kier alpha value is -0.410. The van der Waals surface area contributed by atoms with Crippen molar-refractivity contribution in [3.63, 3.8) is 0 Å². The van der Waals surface area contributed by atoms with Gasteiger partial charge in [0.1, 0.15) is 0 Å². The molecule has 1 rings (SSSR count). The molecule has 0 bridgehead atoms. The smallest absolute Gasteiger partial charge is 0.0927 e. The zero-order valence-corrected chi connectivity index (χ0v) is 9.40. The summed E-state index contributed by atoms with van der Waals surface area (Å²) in [7, 11) is 2.01. The topological polar surface area (TPSA) is 24.9 Å². The molecule has 3 heteroatoms. The minimum Gasteiger partial charge on any atom is -0.319 e. The minimum atomic E-state index is 0.707. The van der Waals surface area contributed by atoms with Crippen LogP contribution in [-0.2, 0) is 6.42 Å². The van der Waals surface area contributed by atoms with Crippen LogP contribution in [0.5, 0.6) is 0 Å². The molecule has 0 saturated carbocycles. The fourth-order valence-corrected chi connectivity index (χ4v) is 2.11. The van der Waals surface area contributed by atoms with Crippen molar-refractivity contribution in [2.24, 2.45) is 11.8 Å². The first-order valence-electron chi connectivity index (χ1n) is 4.77. The van der Waals surface area contributed by atoms with Gasteiger partial charge in [0, 0.05) is 18.0 Å². The van der Waals surface area contributed by atoms with Crippen molar-refractivity contribution >= 4 is 11.3 Å². The normalized spacial score (nSPS) is 15.6. The van der Waals surface area contributed by atoms with Crippen LogP contribution in [-0.4, -0.2) is 18.6 Å². The Bertz CT molecular complexity index is 221. The van der Waals surface area contributed by atoms with E-state index in [-0.39, 0.29) is 0 Å². The summed E-state index contributed by atoms with van der Waals surface area (Å²) in [5, 5.41) is 6.52. The third-order valence-electron chi connectivity index (χ3n) is 2.48. The van der Waals surface area contributed by atoms with E-state index in [4.69, 9.17) is 0 Å². The van der Waals surface area contributed by atoms with Crippen molar-refractivity contribution < 1.29 is 0 Å². The van der Waals surface area contributed by atoms with E-state index >= 15 is 0 Å². The monoisotopic (exact) mass is 198 g/mol. The Balaban J connectivity index is 2.36. The summed E-state index contributed by atoms with van der Waals surface area (Å²) in [5.41, 5.74) is 0. The van der Waals surface area contributed by atoms with Gasteiger partial charge in [0.2, 0.25) is 0 Å². The maximum absolute atomic E-state index is 4.30. The first-order chi connectivity index (χ1) is 6.24. The highest BCUT2D eigenvalue weighted by Crippen LogP contribution is 2.17. The van der Waals surface area contributed by atoms with E-state index in [0.717, 1.165) is 13.0 Å². The van der Waals surface area contributed by atoms with E-state index in [1.54, 1.807) is 11.3 Å². The Morgan fingerprint density at radius 1 is 1.46 bits per heavy atom. The lowest BCUT2D eigenvalue weighted by Gasteiger charge is -2.18. The van der Waals surface area contributed by atoms with Crippen molar-refractivity contribution in [2.45, 2.75) is 20.3 Å². The van der Waals surface area contributed by atoms with Crippen molar-refractivity contribution in [3.05, 3.63) is 16.6 Å². The van der Waals surface area contributed by atoms with Gasteiger partial charge in [0.05, 0.1) is 5.01 Å². The van der Waals surface area contributed by atoms with Crippen LogP contribution in [0, 0.1) is 11.8 Å². The Labute approximate surface area is 84.4 Å². The summed E-state index contributed by atoms with van der Waals surface area (Å²) in [6.07, 6.45) is 3.00. The number of rotatable bonds is 5. The molecule has 0 aliphatic carbocycles. The van der Waals surface area contributed by atoms with Crippen LogP contribution < -0.4 is 5.32 Å². The molecule has 1 N–H and O–H groups in total. The molecule has 2 atom stereocenters. The van der Waals surface area contributed by atoms with Gasteiger partial charge < -0.3 is 5.32 Å². The fourth-order valence-electron chi connectivity index (χ4n) is 1.35. The molecule has 1 heterocycles. The lowest BCUT2D eigenvalue weighted by Crippen LogP contribution is -2.23. The van der Waals surface area contributed by atoms with Crippen molar-refractivity contribution in [2.75, 3.05) is 13.6 Å². The standard InChI is InChI=1S/C10H18N2S/c1-8(9(2)7-11-3)6-10-12-4-5-13-10/h4-5,8-9,11H,6-7H2,1-3H3. The molecule has 0 aliphatic rings. The summed E-state index contributed by atoms with van der Waals surface area (Å²) in [5.74, 6) is 1.42. The maximum Gasteiger partial charge on any atom is 0.0927 e. The average Bonchev–Trinajstić information content (AvgIpc) is 2.57. The van der Waals surface area contributed by atoms with Crippen molar-refractivity contribution in [1.82, 2.24) is 10.3 Å². The zero-order valence-electron chi connectivity index (χ0n) is 8.58. The summed E-state index contributed by atoms with van der Waals surface area (Å²) in [6.45, 7) is 5.67. The SMILES string of the molecule is CNCC(C)C(C)Cc1nccs1. The van der Waals surface area contributed by atoms with Crippen LogP contribution in [0.1, 0.15) is 18.9 Å². The second-order valence-electron chi connectivity index (χ2n) is 3.64. The second kappa shape index (κ2) is 5.35. The van der Waals surface area contributed by atoms with Gasteiger partial charge >= 0.3 is 0 Å². The van der Waals surface area contributed by atoms with Crippen LogP contribution >= 0.6 is 11.3 Å². The van der Waals surface area contributed by atoms with Crippen LogP contribution in [0.4, 0.5) is 0 Å². The highest BCUT2D eigenvalue weighted by Gasteiger charge is 2.12. The predicted molar refractivity (Wildman–Crippen MR) is 58.1 cm³/mol. The third kappa shape index (κ3) is 3.44. The van der Waals surface area contributed by atoms with Crippen LogP contribution in [0.3, 0.4) is 0 Å². The lowest BCUT2D eigenvalue weighted by molar-refractivity contribution is 0.374. The van der Waals surface area contributed by atoms with Gasteiger partial charge in [-0.3, -0.25) is 0 Å². The highest BCUT2D eigenvalue weighted by molar-refractivity contribution is 7.09. The number of thiazole rings is 1. The van der Waals surface area contributed by atoms with Crippen LogP contribution in [0.2, 0.25) is 0 Å². The van der Waals surface area contributed by atoms with Crippen molar-refractivity contribution in [1.29, 1.82) is 0 Å². The molecule has 2 unspecified atom stereocenters. The number of hydrogen-bond acceptors (Lipinski definition) is 3. The summed E-state index contributed by atoms with van der Waals surface area (Å²) in [6, 6.07) is 0. The first-order valence-corrected chi connectivity index (χ1v) is 5.65. The fraction of sp³-hybridized carbons (Fsp3) is 0.700. The van der Waals surface area contributed by atoms with E-state index in [0.29, 0.717) is 11.8 Å². The zero-order chi connectivity index (χ0) is 9.68. The van der Waals surface area contributed by atoms with Gasteiger partial charge in [0.25, 0.3) is 0 Å². The molecular weight excluding hydrogens is 180 g/mol. The Kier molecular flexibility index (Phi) is 4.39. The molecule has 2 nitrogen and oxygen atoms in total. The van der Waals surface area contributed by atoms with Gasteiger partial charge in [-0.25, -0.2) is 4.98 Å².